The molecule has 0 saturated carbocycles. The molecule has 1 aliphatic rings. The average Bonchev–Trinajstić information content (AvgIpc) is 3.36. The summed E-state index contributed by atoms with van der Waals surface area (Å²) in [4.78, 5) is 12.5. The van der Waals surface area contributed by atoms with Crippen LogP contribution in [0.4, 0.5) is 0 Å². The van der Waals surface area contributed by atoms with Gasteiger partial charge in [0.15, 0.2) is 0 Å². The minimum Gasteiger partial charge on any atom is -0.497 e. The number of methoxy groups -OCH3 is 2. The van der Waals surface area contributed by atoms with Crippen molar-refractivity contribution in [3.8, 4) is 22.6 Å². The van der Waals surface area contributed by atoms with Gasteiger partial charge in [0.25, 0.3) is 6.47 Å². The molecule has 6 rings (SSSR count). The Balaban J connectivity index is 1.71. The molecule has 1 aliphatic carbocycles. The summed E-state index contributed by atoms with van der Waals surface area (Å²) in [5.41, 5.74) is 6.70. The summed E-state index contributed by atoms with van der Waals surface area (Å²) in [6, 6.07) is 43.3. The predicted molar refractivity (Wildman–Crippen MR) is 157 cm³/mol. The molecule has 40 heavy (non-hydrogen) atoms. The molecule has 198 valence electrons. The summed E-state index contributed by atoms with van der Waals surface area (Å²) in [5.74, 6) is 1.29. The fraction of sp³-hybridized carbons (Fsp3) is 0.139. The Morgan fingerprint density at radius 2 is 1.00 bits per heavy atom. The molecule has 0 saturated heterocycles. The van der Waals surface area contributed by atoms with Gasteiger partial charge in [-0.3, -0.25) is 4.79 Å². The van der Waals surface area contributed by atoms with Crippen LogP contribution >= 0.6 is 0 Å². The Hall–Kier alpha value is -4.83. The third kappa shape index (κ3) is 4.04. The molecule has 0 spiro atoms. The number of carbonyl (C=O) groups is 1. The lowest BCUT2D eigenvalue weighted by Gasteiger charge is -2.44. The van der Waals surface area contributed by atoms with Crippen molar-refractivity contribution in [2.75, 3.05) is 14.2 Å². The van der Waals surface area contributed by atoms with E-state index < -0.39 is 11.5 Å². The zero-order valence-electron chi connectivity index (χ0n) is 22.5. The van der Waals surface area contributed by atoms with E-state index in [1.54, 1.807) is 14.2 Å². The Morgan fingerprint density at radius 3 is 1.45 bits per heavy atom. The normalized spacial score (nSPS) is 13.2. The van der Waals surface area contributed by atoms with Crippen LogP contribution in [-0.4, -0.2) is 26.8 Å². The second kappa shape index (κ2) is 10.7. The molecule has 4 heteroatoms. The van der Waals surface area contributed by atoms with Crippen LogP contribution in [-0.2, 0) is 14.9 Å². The molecule has 1 atom stereocenters. The molecule has 5 aromatic rings. The van der Waals surface area contributed by atoms with Crippen LogP contribution in [0.5, 0.6) is 11.5 Å². The molecule has 5 aromatic carbocycles. The van der Waals surface area contributed by atoms with E-state index in [0.717, 1.165) is 50.4 Å². The number of rotatable bonds is 9. The second-order valence-corrected chi connectivity index (χ2v) is 9.94. The van der Waals surface area contributed by atoms with Crippen molar-refractivity contribution in [2.24, 2.45) is 0 Å². The molecule has 4 nitrogen and oxygen atoms in total. The lowest BCUT2D eigenvalue weighted by atomic mass is 9.61. The zero-order chi connectivity index (χ0) is 27.5. The number of benzene rings is 5. The van der Waals surface area contributed by atoms with Gasteiger partial charge >= 0.3 is 0 Å². The summed E-state index contributed by atoms with van der Waals surface area (Å²) in [6.45, 7) is 0.596. The first-order valence-electron chi connectivity index (χ1n) is 13.3. The van der Waals surface area contributed by atoms with E-state index in [9.17, 15) is 4.79 Å². The van der Waals surface area contributed by atoms with Gasteiger partial charge in [-0.2, -0.15) is 0 Å². The highest BCUT2D eigenvalue weighted by Crippen LogP contribution is 2.55. The molecule has 1 unspecified atom stereocenters. The van der Waals surface area contributed by atoms with E-state index in [0.29, 0.717) is 6.47 Å². The fourth-order valence-electron chi connectivity index (χ4n) is 6.41. The largest absolute Gasteiger partial charge is 0.497 e. The van der Waals surface area contributed by atoms with Gasteiger partial charge < -0.3 is 14.2 Å². The highest BCUT2D eigenvalue weighted by molar-refractivity contribution is 5.80. The Morgan fingerprint density at radius 1 is 0.575 bits per heavy atom. The molecule has 0 aliphatic heterocycles. The molecular formula is C36H30O4. The van der Waals surface area contributed by atoms with Crippen molar-refractivity contribution in [3.05, 3.63) is 155 Å². The fourth-order valence-corrected chi connectivity index (χ4v) is 6.41. The van der Waals surface area contributed by atoms with E-state index in [4.69, 9.17) is 14.2 Å². The average molecular weight is 527 g/mol. The van der Waals surface area contributed by atoms with Crippen LogP contribution in [0.15, 0.2) is 127 Å². The molecule has 0 aromatic heterocycles. The van der Waals surface area contributed by atoms with E-state index >= 15 is 0 Å². The first-order chi connectivity index (χ1) is 19.7. The van der Waals surface area contributed by atoms with Crippen LogP contribution < -0.4 is 9.47 Å². The van der Waals surface area contributed by atoms with Crippen LogP contribution in [0, 0.1) is 0 Å². The standard InChI is InChI=1S/C36H30O4/c1-38-28-20-16-26(17-21-28)36(25-10-4-3-5-11-25,27-18-22-29(39-2)23-19-27)35(40-24-37)34-32-14-8-6-12-30(32)31-13-7-9-15-33(31)34/h3-24,34-35H,1-2H3. The second-order valence-electron chi connectivity index (χ2n) is 9.94. The van der Waals surface area contributed by atoms with E-state index in [1.165, 1.54) is 0 Å². The van der Waals surface area contributed by atoms with E-state index in [1.807, 2.05) is 42.5 Å². The third-order valence-electron chi connectivity index (χ3n) is 8.13. The van der Waals surface area contributed by atoms with Crippen molar-refractivity contribution >= 4 is 6.47 Å². The van der Waals surface area contributed by atoms with Gasteiger partial charge in [-0.15, -0.1) is 0 Å². The van der Waals surface area contributed by atoms with Gasteiger partial charge in [0, 0.05) is 5.92 Å². The molecule has 0 amide bonds. The first kappa shape index (κ1) is 25.4. The maximum Gasteiger partial charge on any atom is 0.293 e. The maximum absolute atomic E-state index is 12.5. The summed E-state index contributed by atoms with van der Waals surface area (Å²) in [6.07, 6.45) is -0.626. The van der Waals surface area contributed by atoms with Gasteiger partial charge in [-0.25, -0.2) is 0 Å². The van der Waals surface area contributed by atoms with Gasteiger partial charge in [0.1, 0.15) is 17.6 Å². The zero-order valence-corrected chi connectivity index (χ0v) is 22.5. The van der Waals surface area contributed by atoms with Crippen molar-refractivity contribution in [3.63, 3.8) is 0 Å². The van der Waals surface area contributed by atoms with Crippen molar-refractivity contribution in [1.82, 2.24) is 0 Å². The summed E-state index contributed by atoms with van der Waals surface area (Å²) in [7, 11) is 3.32. The lowest BCUT2D eigenvalue weighted by Crippen LogP contribution is -2.47. The third-order valence-corrected chi connectivity index (χ3v) is 8.13. The topological polar surface area (TPSA) is 44.8 Å². The summed E-state index contributed by atoms with van der Waals surface area (Å²) in [5, 5.41) is 0. The number of hydrogen-bond acceptors (Lipinski definition) is 4. The molecule has 0 N–H and O–H groups in total. The van der Waals surface area contributed by atoms with Crippen LogP contribution in [0.1, 0.15) is 33.7 Å². The highest BCUT2D eigenvalue weighted by Gasteiger charge is 2.52. The van der Waals surface area contributed by atoms with Gasteiger partial charge in [-0.1, -0.05) is 103 Å². The van der Waals surface area contributed by atoms with Gasteiger partial charge in [-0.05, 0) is 63.2 Å². The van der Waals surface area contributed by atoms with Crippen molar-refractivity contribution in [1.29, 1.82) is 0 Å². The number of hydrogen-bond donors (Lipinski definition) is 0. The minimum absolute atomic E-state index is 0.220. The number of carbonyl (C=O) groups excluding carboxylic acids is 1. The van der Waals surface area contributed by atoms with Gasteiger partial charge in [0.2, 0.25) is 0 Å². The summed E-state index contributed by atoms with van der Waals surface area (Å²) < 4.78 is 17.4. The highest BCUT2D eigenvalue weighted by atomic mass is 16.5. The van der Waals surface area contributed by atoms with Crippen molar-refractivity contribution < 1.29 is 19.0 Å². The summed E-state index contributed by atoms with van der Waals surface area (Å²) >= 11 is 0. The van der Waals surface area contributed by atoms with Gasteiger partial charge in [0.05, 0.1) is 19.6 Å². The lowest BCUT2D eigenvalue weighted by molar-refractivity contribution is -0.136. The maximum atomic E-state index is 12.5. The molecule has 0 fully saturated rings. The molecule has 0 radical (unpaired) electrons. The quantitative estimate of drug-likeness (QED) is 0.148. The van der Waals surface area contributed by atoms with Crippen LogP contribution in [0.2, 0.25) is 0 Å². The SMILES string of the molecule is COc1ccc(C(c2ccccc2)(c2ccc(OC)cc2)C(OC=O)C2c3ccccc3-c3ccccc32)cc1. The minimum atomic E-state index is -0.879. The Labute approximate surface area is 234 Å². The Bertz CT molecular complexity index is 1510. The molecule has 0 bridgehead atoms. The Kier molecular flexibility index (Phi) is 6.83. The number of fused-ring (bicyclic) bond motifs is 3. The van der Waals surface area contributed by atoms with E-state index in [-0.39, 0.29) is 5.92 Å². The molecular weight excluding hydrogens is 496 g/mol. The van der Waals surface area contributed by atoms with Crippen molar-refractivity contribution in [2.45, 2.75) is 17.4 Å². The van der Waals surface area contributed by atoms with Crippen LogP contribution in [0.25, 0.3) is 11.1 Å². The monoisotopic (exact) mass is 526 g/mol. The van der Waals surface area contributed by atoms with E-state index in [2.05, 4.69) is 84.9 Å². The predicted octanol–water partition coefficient (Wildman–Crippen LogP) is 7.39. The molecule has 0 heterocycles. The smallest absolute Gasteiger partial charge is 0.293 e. The number of ether oxygens (including phenoxy) is 3. The first-order valence-corrected chi connectivity index (χ1v) is 13.3. The van der Waals surface area contributed by atoms with Crippen LogP contribution in [0.3, 0.4) is 0 Å².